The van der Waals surface area contributed by atoms with E-state index in [2.05, 4.69) is 30.7 Å². The first-order valence-corrected chi connectivity index (χ1v) is 12.5. The first-order valence-electron chi connectivity index (χ1n) is 12.5. The van der Waals surface area contributed by atoms with Crippen molar-refractivity contribution >= 4 is 28.6 Å². The van der Waals surface area contributed by atoms with Crippen molar-refractivity contribution in [3.63, 3.8) is 0 Å². The summed E-state index contributed by atoms with van der Waals surface area (Å²) in [6.07, 6.45) is 6.03. The van der Waals surface area contributed by atoms with Gasteiger partial charge in [-0.3, -0.25) is 0 Å². The van der Waals surface area contributed by atoms with Gasteiger partial charge in [-0.2, -0.15) is 0 Å². The van der Waals surface area contributed by atoms with Crippen LogP contribution in [0.15, 0.2) is 36.4 Å². The van der Waals surface area contributed by atoms with Crippen molar-refractivity contribution in [2.75, 3.05) is 5.32 Å². The SMILES string of the molecule is CCC.Cc1cc2c(cc1C(=O)O)nc(Nc1ccc(OC(C)C)cc1)n2[C@H]1CCCC(C)C1. The van der Waals surface area contributed by atoms with Gasteiger partial charge >= 0.3 is 5.97 Å². The molecule has 0 aliphatic heterocycles. The number of anilines is 2. The average Bonchev–Trinajstić information content (AvgIpc) is 3.11. The summed E-state index contributed by atoms with van der Waals surface area (Å²) < 4.78 is 8.02. The Labute approximate surface area is 203 Å². The summed E-state index contributed by atoms with van der Waals surface area (Å²) >= 11 is 0. The third-order valence-electron chi connectivity index (χ3n) is 6.02. The molecule has 6 heteroatoms. The number of carbonyl (C=O) groups is 1. The topological polar surface area (TPSA) is 76.4 Å². The minimum absolute atomic E-state index is 0.128. The number of fused-ring (bicyclic) bond motifs is 1. The summed E-state index contributed by atoms with van der Waals surface area (Å²) in [5.41, 5.74) is 3.68. The van der Waals surface area contributed by atoms with Gasteiger partial charge in [-0.1, -0.05) is 40.0 Å². The smallest absolute Gasteiger partial charge is 0.336 e. The van der Waals surface area contributed by atoms with Crippen LogP contribution in [0.25, 0.3) is 11.0 Å². The van der Waals surface area contributed by atoms with Gasteiger partial charge in [0.05, 0.1) is 22.7 Å². The van der Waals surface area contributed by atoms with Crippen LogP contribution in [0.5, 0.6) is 5.75 Å². The number of hydrogen-bond acceptors (Lipinski definition) is 4. The molecule has 0 spiro atoms. The van der Waals surface area contributed by atoms with E-state index in [0.29, 0.717) is 23.0 Å². The van der Waals surface area contributed by atoms with Gasteiger partial charge in [0.2, 0.25) is 5.95 Å². The van der Waals surface area contributed by atoms with Crippen molar-refractivity contribution in [2.45, 2.75) is 85.8 Å². The number of aromatic carboxylic acids is 1. The molecule has 0 bridgehead atoms. The molecule has 184 valence electrons. The van der Waals surface area contributed by atoms with Crippen LogP contribution in [0.2, 0.25) is 0 Å². The number of imidazole rings is 1. The lowest BCUT2D eigenvalue weighted by Crippen LogP contribution is -2.19. The van der Waals surface area contributed by atoms with Gasteiger partial charge in [0.1, 0.15) is 5.75 Å². The van der Waals surface area contributed by atoms with Crippen LogP contribution in [0.3, 0.4) is 0 Å². The minimum atomic E-state index is -0.921. The molecule has 1 fully saturated rings. The van der Waals surface area contributed by atoms with E-state index in [1.54, 1.807) is 6.07 Å². The van der Waals surface area contributed by atoms with E-state index in [0.717, 1.165) is 41.3 Å². The molecular weight excluding hydrogens is 426 g/mol. The van der Waals surface area contributed by atoms with Crippen LogP contribution in [-0.2, 0) is 0 Å². The number of aromatic nitrogens is 2. The number of nitrogens with one attached hydrogen (secondary N) is 1. The van der Waals surface area contributed by atoms with Crippen molar-refractivity contribution < 1.29 is 14.6 Å². The molecule has 2 N–H and O–H groups in total. The van der Waals surface area contributed by atoms with Crippen LogP contribution >= 0.6 is 0 Å². The zero-order valence-electron chi connectivity index (χ0n) is 21.4. The summed E-state index contributed by atoms with van der Waals surface area (Å²) in [6.45, 7) is 12.4. The van der Waals surface area contributed by atoms with E-state index in [-0.39, 0.29) is 6.10 Å². The van der Waals surface area contributed by atoms with E-state index < -0.39 is 5.97 Å². The molecule has 6 nitrogen and oxygen atoms in total. The lowest BCUT2D eigenvalue weighted by molar-refractivity contribution is 0.0696. The Morgan fingerprint density at radius 2 is 1.88 bits per heavy atom. The second kappa shape index (κ2) is 11.4. The highest BCUT2D eigenvalue weighted by Crippen LogP contribution is 2.38. The third-order valence-corrected chi connectivity index (χ3v) is 6.02. The van der Waals surface area contributed by atoms with Gasteiger partial charge in [0, 0.05) is 11.7 Å². The van der Waals surface area contributed by atoms with Gasteiger partial charge in [0.15, 0.2) is 0 Å². The molecule has 34 heavy (non-hydrogen) atoms. The molecular formula is C28H39N3O3. The lowest BCUT2D eigenvalue weighted by atomic mass is 9.87. The fourth-order valence-corrected chi connectivity index (χ4v) is 4.59. The lowest BCUT2D eigenvalue weighted by Gasteiger charge is -2.29. The van der Waals surface area contributed by atoms with Gasteiger partial charge in [-0.05, 0) is 81.5 Å². The Kier molecular flexibility index (Phi) is 8.59. The molecule has 0 saturated heterocycles. The second-order valence-corrected chi connectivity index (χ2v) is 9.72. The summed E-state index contributed by atoms with van der Waals surface area (Å²) in [4.78, 5) is 16.5. The zero-order chi connectivity index (χ0) is 24.8. The predicted octanol–water partition coefficient (Wildman–Crippen LogP) is 7.74. The molecule has 1 aliphatic rings. The molecule has 2 aromatic carbocycles. The fraction of sp³-hybridized carbons (Fsp3) is 0.500. The molecule has 1 aromatic heterocycles. The Bertz CT molecular complexity index is 1100. The van der Waals surface area contributed by atoms with Crippen molar-refractivity contribution in [3.05, 3.63) is 47.5 Å². The number of nitrogens with zero attached hydrogens (tertiary/aromatic N) is 2. The Hall–Kier alpha value is -3.02. The number of hydrogen-bond donors (Lipinski definition) is 2. The maximum absolute atomic E-state index is 11.6. The van der Waals surface area contributed by atoms with Crippen LogP contribution in [-0.4, -0.2) is 26.7 Å². The van der Waals surface area contributed by atoms with Crippen LogP contribution in [0, 0.1) is 12.8 Å². The van der Waals surface area contributed by atoms with Crippen LogP contribution in [0.4, 0.5) is 11.6 Å². The Balaban J connectivity index is 0.00000103. The van der Waals surface area contributed by atoms with E-state index in [9.17, 15) is 9.90 Å². The third kappa shape index (κ3) is 6.10. The van der Waals surface area contributed by atoms with Crippen LogP contribution in [0.1, 0.15) is 88.7 Å². The van der Waals surface area contributed by atoms with E-state index in [4.69, 9.17) is 9.72 Å². The number of aryl methyl sites for hydroxylation is 1. The number of rotatable bonds is 6. The van der Waals surface area contributed by atoms with Gasteiger partial charge in [-0.15, -0.1) is 0 Å². The first kappa shape index (κ1) is 25.6. The summed E-state index contributed by atoms with van der Waals surface area (Å²) in [6, 6.07) is 11.9. The molecule has 0 amide bonds. The molecule has 3 aromatic rings. The minimum Gasteiger partial charge on any atom is -0.491 e. The van der Waals surface area contributed by atoms with E-state index in [1.807, 2.05) is 51.1 Å². The molecule has 1 unspecified atom stereocenters. The molecule has 0 radical (unpaired) electrons. The summed E-state index contributed by atoms with van der Waals surface area (Å²) in [5.74, 6) is 1.33. The average molecular weight is 466 g/mol. The maximum Gasteiger partial charge on any atom is 0.336 e. The maximum atomic E-state index is 11.6. The number of ether oxygens (including phenoxy) is 1. The van der Waals surface area contributed by atoms with Crippen molar-refractivity contribution in [3.8, 4) is 5.75 Å². The Morgan fingerprint density at radius 3 is 2.47 bits per heavy atom. The van der Waals surface area contributed by atoms with Gasteiger partial charge in [-0.25, -0.2) is 9.78 Å². The normalized spacial score (nSPS) is 17.9. The zero-order valence-corrected chi connectivity index (χ0v) is 21.4. The quantitative estimate of drug-likeness (QED) is 0.389. The van der Waals surface area contributed by atoms with Crippen molar-refractivity contribution in [2.24, 2.45) is 5.92 Å². The number of carboxylic acid groups (broad SMARTS) is 1. The number of benzene rings is 2. The number of carboxylic acids is 1. The first-order chi connectivity index (χ1) is 16.2. The molecule has 4 rings (SSSR count). The van der Waals surface area contributed by atoms with Gasteiger partial charge < -0.3 is 19.7 Å². The molecule has 1 heterocycles. The van der Waals surface area contributed by atoms with E-state index in [1.165, 1.54) is 19.3 Å². The summed E-state index contributed by atoms with van der Waals surface area (Å²) in [7, 11) is 0. The monoisotopic (exact) mass is 465 g/mol. The molecule has 1 saturated carbocycles. The summed E-state index contributed by atoms with van der Waals surface area (Å²) in [5, 5.41) is 13.0. The van der Waals surface area contributed by atoms with Crippen molar-refractivity contribution in [1.82, 2.24) is 9.55 Å². The standard InChI is InChI=1S/C25H31N3O3.C3H8/c1-15(2)31-20-10-8-18(9-11-20)26-25-27-22-14-21(24(29)30)17(4)13-23(22)28(25)19-7-5-6-16(3)12-19;1-3-2/h8-11,13-16,19H,5-7,12H2,1-4H3,(H,26,27)(H,29,30);3H2,1-2H3/t16?,19-;/m0./s1. The molecule has 2 atom stereocenters. The molecule has 1 aliphatic carbocycles. The highest BCUT2D eigenvalue weighted by Gasteiger charge is 2.26. The predicted molar refractivity (Wildman–Crippen MR) is 140 cm³/mol. The van der Waals surface area contributed by atoms with Crippen LogP contribution < -0.4 is 10.1 Å². The van der Waals surface area contributed by atoms with E-state index >= 15 is 0 Å². The highest BCUT2D eigenvalue weighted by molar-refractivity contribution is 5.95. The fourth-order valence-electron chi connectivity index (χ4n) is 4.59. The Morgan fingerprint density at radius 1 is 1.21 bits per heavy atom. The van der Waals surface area contributed by atoms with Gasteiger partial charge in [0.25, 0.3) is 0 Å². The largest absolute Gasteiger partial charge is 0.491 e. The van der Waals surface area contributed by atoms with Crippen molar-refractivity contribution in [1.29, 1.82) is 0 Å². The highest BCUT2D eigenvalue weighted by atomic mass is 16.5. The second-order valence-electron chi connectivity index (χ2n) is 9.72.